The Kier molecular flexibility index (Phi) is 3.53. The van der Waals surface area contributed by atoms with Crippen molar-refractivity contribution in [3.63, 3.8) is 0 Å². The molecule has 0 aliphatic heterocycles. The third-order valence-electron chi connectivity index (χ3n) is 4.84. The third-order valence-corrected chi connectivity index (χ3v) is 6.19. The highest BCUT2D eigenvalue weighted by atomic mass is 31.0. The van der Waals surface area contributed by atoms with Crippen molar-refractivity contribution in [2.24, 2.45) is 11.8 Å². The van der Waals surface area contributed by atoms with Gasteiger partial charge in [-0.15, -0.1) is 9.24 Å². The maximum absolute atomic E-state index is 3.28. The predicted molar refractivity (Wildman–Crippen MR) is 66.6 cm³/mol. The highest BCUT2D eigenvalue weighted by Gasteiger charge is 2.41. The normalized spacial score (nSPS) is 26.1. The molecule has 0 aromatic carbocycles. The smallest absolute Gasteiger partial charge is 0.00965 e. The van der Waals surface area contributed by atoms with Crippen LogP contribution in [0.2, 0.25) is 0 Å². The van der Waals surface area contributed by atoms with Crippen LogP contribution >= 0.6 is 9.24 Å². The summed E-state index contributed by atoms with van der Waals surface area (Å²) in [6.07, 6.45) is 13.4. The molecule has 2 saturated carbocycles. The highest BCUT2D eigenvalue weighted by molar-refractivity contribution is 7.19. The fraction of sp³-hybridized carbons (Fsp3) is 1.00. The van der Waals surface area contributed by atoms with E-state index in [1.807, 2.05) is 0 Å². The van der Waals surface area contributed by atoms with E-state index in [1.54, 1.807) is 0 Å². The first-order valence-electron chi connectivity index (χ1n) is 6.56. The SMILES string of the molecule is CCC(P)(C1CCCC1)C1CCCC1. The van der Waals surface area contributed by atoms with Gasteiger partial charge in [-0.2, -0.15) is 0 Å². The van der Waals surface area contributed by atoms with Crippen molar-refractivity contribution >= 4 is 9.24 Å². The average Bonchev–Trinajstić information content (AvgIpc) is 2.88. The lowest BCUT2D eigenvalue weighted by atomic mass is 9.77. The summed E-state index contributed by atoms with van der Waals surface area (Å²) in [5.41, 5.74) is 0. The van der Waals surface area contributed by atoms with E-state index < -0.39 is 0 Å². The van der Waals surface area contributed by atoms with Gasteiger partial charge in [0.25, 0.3) is 0 Å². The Labute approximate surface area is 91.4 Å². The van der Waals surface area contributed by atoms with Crippen LogP contribution in [0.25, 0.3) is 0 Å². The van der Waals surface area contributed by atoms with Gasteiger partial charge in [0, 0.05) is 0 Å². The molecule has 0 bridgehead atoms. The maximum atomic E-state index is 3.28. The van der Waals surface area contributed by atoms with Gasteiger partial charge in [0.2, 0.25) is 0 Å². The van der Waals surface area contributed by atoms with Crippen LogP contribution in [0.1, 0.15) is 64.7 Å². The molecule has 0 N–H and O–H groups in total. The third kappa shape index (κ3) is 1.87. The van der Waals surface area contributed by atoms with Crippen molar-refractivity contribution in [3.8, 4) is 0 Å². The number of rotatable bonds is 3. The summed E-state index contributed by atoms with van der Waals surface area (Å²) in [6.45, 7) is 2.41. The summed E-state index contributed by atoms with van der Waals surface area (Å²) in [6, 6.07) is 0. The van der Waals surface area contributed by atoms with Crippen LogP contribution in [0.5, 0.6) is 0 Å². The van der Waals surface area contributed by atoms with E-state index in [0.717, 1.165) is 11.8 Å². The van der Waals surface area contributed by atoms with E-state index in [9.17, 15) is 0 Å². The molecule has 0 aromatic rings. The number of hydrogen-bond donors (Lipinski definition) is 0. The van der Waals surface area contributed by atoms with Gasteiger partial charge < -0.3 is 0 Å². The summed E-state index contributed by atoms with van der Waals surface area (Å²) < 4.78 is 0. The molecule has 82 valence electrons. The van der Waals surface area contributed by atoms with Gasteiger partial charge in [-0.1, -0.05) is 32.6 Å². The van der Waals surface area contributed by atoms with Crippen LogP contribution < -0.4 is 0 Å². The molecule has 0 spiro atoms. The van der Waals surface area contributed by atoms with Gasteiger partial charge in [0.15, 0.2) is 0 Å². The minimum absolute atomic E-state index is 0.618. The first-order valence-corrected chi connectivity index (χ1v) is 7.14. The summed E-state index contributed by atoms with van der Waals surface area (Å²) in [7, 11) is 3.28. The van der Waals surface area contributed by atoms with E-state index in [4.69, 9.17) is 0 Å². The molecule has 14 heavy (non-hydrogen) atoms. The lowest BCUT2D eigenvalue weighted by molar-refractivity contribution is 0.264. The highest BCUT2D eigenvalue weighted by Crippen LogP contribution is 2.51. The van der Waals surface area contributed by atoms with E-state index in [0.29, 0.717) is 5.16 Å². The second-order valence-electron chi connectivity index (χ2n) is 5.43. The van der Waals surface area contributed by atoms with E-state index in [2.05, 4.69) is 16.2 Å². The fourth-order valence-electron chi connectivity index (χ4n) is 3.84. The molecule has 1 unspecified atom stereocenters. The van der Waals surface area contributed by atoms with Crippen molar-refractivity contribution in [1.82, 2.24) is 0 Å². The molecule has 0 heterocycles. The van der Waals surface area contributed by atoms with Crippen LogP contribution in [0.4, 0.5) is 0 Å². The number of hydrogen-bond acceptors (Lipinski definition) is 0. The summed E-state index contributed by atoms with van der Waals surface area (Å²) in [5, 5.41) is 0.618. The van der Waals surface area contributed by atoms with Gasteiger partial charge in [-0.3, -0.25) is 0 Å². The first-order chi connectivity index (χ1) is 6.77. The molecule has 0 nitrogen and oxygen atoms in total. The van der Waals surface area contributed by atoms with Gasteiger partial charge in [0.1, 0.15) is 0 Å². The van der Waals surface area contributed by atoms with Gasteiger partial charge >= 0.3 is 0 Å². The zero-order chi connectivity index (χ0) is 10.0. The van der Waals surface area contributed by atoms with Gasteiger partial charge in [0.05, 0.1) is 0 Å². The standard InChI is InChI=1S/C13H25P/c1-2-13(14,11-7-3-4-8-11)12-9-5-6-10-12/h11-12H,2-10,14H2,1H3. The Morgan fingerprint density at radius 3 is 1.57 bits per heavy atom. The van der Waals surface area contributed by atoms with Crippen molar-refractivity contribution in [2.75, 3.05) is 0 Å². The molecule has 1 atom stereocenters. The molecule has 0 aromatic heterocycles. The Bertz CT molecular complexity index is 160. The minimum Gasteiger partial charge on any atom is -0.131 e. The van der Waals surface area contributed by atoms with Crippen LogP contribution in [0, 0.1) is 11.8 Å². The molecule has 2 aliphatic carbocycles. The minimum atomic E-state index is 0.618. The molecule has 2 fully saturated rings. The molecule has 1 heteroatoms. The quantitative estimate of drug-likeness (QED) is 0.609. The first kappa shape index (κ1) is 10.9. The molecule has 0 saturated heterocycles. The van der Waals surface area contributed by atoms with E-state index in [1.165, 1.54) is 57.8 Å². The van der Waals surface area contributed by atoms with E-state index in [-0.39, 0.29) is 0 Å². The van der Waals surface area contributed by atoms with E-state index >= 15 is 0 Å². The van der Waals surface area contributed by atoms with Crippen LogP contribution in [0.15, 0.2) is 0 Å². The average molecular weight is 212 g/mol. The van der Waals surface area contributed by atoms with Crippen LogP contribution in [0.3, 0.4) is 0 Å². The predicted octanol–water partition coefficient (Wildman–Crippen LogP) is 4.39. The zero-order valence-corrected chi connectivity index (χ0v) is 10.8. The Balaban J connectivity index is 2.06. The molecule has 2 aliphatic rings. The Morgan fingerprint density at radius 1 is 0.929 bits per heavy atom. The van der Waals surface area contributed by atoms with Crippen LogP contribution in [-0.4, -0.2) is 5.16 Å². The molecular weight excluding hydrogens is 187 g/mol. The lowest BCUT2D eigenvalue weighted by Crippen LogP contribution is -2.36. The second-order valence-corrected chi connectivity index (χ2v) is 6.50. The summed E-state index contributed by atoms with van der Waals surface area (Å²) in [4.78, 5) is 0. The van der Waals surface area contributed by atoms with Crippen molar-refractivity contribution < 1.29 is 0 Å². The molecule has 0 amide bonds. The van der Waals surface area contributed by atoms with Crippen molar-refractivity contribution in [2.45, 2.75) is 69.9 Å². The Morgan fingerprint density at radius 2 is 1.29 bits per heavy atom. The van der Waals surface area contributed by atoms with Gasteiger partial charge in [-0.05, 0) is 49.1 Å². The fourth-order valence-corrected chi connectivity index (χ4v) is 4.50. The van der Waals surface area contributed by atoms with Crippen molar-refractivity contribution in [3.05, 3.63) is 0 Å². The summed E-state index contributed by atoms with van der Waals surface area (Å²) >= 11 is 0. The van der Waals surface area contributed by atoms with Crippen LogP contribution in [-0.2, 0) is 0 Å². The lowest BCUT2D eigenvalue weighted by Gasteiger charge is -2.40. The second kappa shape index (κ2) is 4.52. The summed E-state index contributed by atoms with van der Waals surface area (Å²) in [5.74, 6) is 2.06. The van der Waals surface area contributed by atoms with Crippen molar-refractivity contribution in [1.29, 1.82) is 0 Å². The molecular formula is C13H25P. The maximum Gasteiger partial charge on any atom is -0.00965 e. The topological polar surface area (TPSA) is 0 Å². The largest absolute Gasteiger partial charge is 0.131 e. The van der Waals surface area contributed by atoms with Gasteiger partial charge in [-0.25, -0.2) is 0 Å². The molecule has 0 radical (unpaired) electrons. The molecule has 2 rings (SSSR count). The Hall–Kier alpha value is 0.430. The monoisotopic (exact) mass is 212 g/mol. The zero-order valence-electron chi connectivity index (χ0n) is 9.60.